The lowest BCUT2D eigenvalue weighted by Gasteiger charge is -2.43. The van der Waals surface area contributed by atoms with Crippen molar-refractivity contribution in [3.05, 3.63) is 69.5 Å². The van der Waals surface area contributed by atoms with Crippen LogP contribution in [0.25, 0.3) is 0 Å². The summed E-state index contributed by atoms with van der Waals surface area (Å²) in [5.41, 5.74) is 1.29. The second-order valence-corrected chi connectivity index (χ2v) is 8.79. The third-order valence-corrected chi connectivity index (χ3v) is 5.65. The molecule has 0 spiro atoms. The first kappa shape index (κ1) is 21.1. The fourth-order valence-electron chi connectivity index (χ4n) is 3.52. The highest BCUT2D eigenvalue weighted by Gasteiger charge is 2.40. The van der Waals surface area contributed by atoms with Crippen LogP contribution in [0.3, 0.4) is 0 Å². The lowest BCUT2D eigenvalue weighted by molar-refractivity contribution is -0.131. The first-order chi connectivity index (χ1) is 13.2. The predicted molar refractivity (Wildman–Crippen MR) is 110 cm³/mol. The van der Waals surface area contributed by atoms with Gasteiger partial charge in [-0.05, 0) is 42.3 Å². The van der Waals surface area contributed by atoms with Gasteiger partial charge in [0.25, 0.3) is 0 Å². The minimum atomic E-state index is -0.477. The largest absolute Gasteiger partial charge is 0.365 e. The van der Waals surface area contributed by atoms with Gasteiger partial charge in [-0.15, -0.1) is 0 Å². The van der Waals surface area contributed by atoms with E-state index in [1.165, 1.54) is 6.07 Å². The molecule has 1 heterocycles. The number of benzene rings is 2. The molecule has 3 rings (SSSR count). The van der Waals surface area contributed by atoms with Crippen LogP contribution < -0.4 is 5.32 Å². The summed E-state index contributed by atoms with van der Waals surface area (Å²) in [5, 5.41) is 3.89. The van der Waals surface area contributed by atoms with Crippen LogP contribution in [-0.2, 0) is 9.53 Å². The monoisotopic (exact) mass is 423 g/mol. The number of carbonyl (C=O) groups is 1. The average molecular weight is 424 g/mol. The van der Waals surface area contributed by atoms with Crippen molar-refractivity contribution in [1.82, 2.24) is 5.32 Å². The maximum Gasteiger partial charge on any atom is 0.222 e. The van der Waals surface area contributed by atoms with Gasteiger partial charge in [-0.25, -0.2) is 4.39 Å². The molecule has 1 aliphatic rings. The standard InChI is InChI=1S/C22H24Cl2FNO2/c1-13(2)21(27)26-22(3)11-19(14-4-7-16(23)8-5-14)28-20(12-22)15-6-9-18(25)17(24)10-15/h4-10,13,19-20H,11-12H2,1-3H3,(H,26,27)/t19-,20+,22-/m0/s1. The molecule has 0 aromatic heterocycles. The summed E-state index contributed by atoms with van der Waals surface area (Å²) in [6, 6.07) is 12.1. The van der Waals surface area contributed by atoms with E-state index in [-0.39, 0.29) is 29.1 Å². The molecule has 0 bridgehead atoms. The molecule has 0 radical (unpaired) electrons. The maximum atomic E-state index is 13.6. The Kier molecular flexibility index (Phi) is 6.33. The first-order valence-electron chi connectivity index (χ1n) is 9.35. The molecule has 1 aliphatic heterocycles. The molecule has 1 fully saturated rings. The molecule has 1 amide bonds. The van der Waals surface area contributed by atoms with Crippen molar-refractivity contribution in [3.63, 3.8) is 0 Å². The third kappa shape index (κ3) is 4.86. The summed E-state index contributed by atoms with van der Waals surface area (Å²) >= 11 is 12.0. The normalized spacial score (nSPS) is 25.0. The van der Waals surface area contributed by atoms with Gasteiger partial charge in [-0.2, -0.15) is 0 Å². The molecule has 3 atom stereocenters. The lowest BCUT2D eigenvalue weighted by atomic mass is 9.81. The van der Waals surface area contributed by atoms with Gasteiger partial charge in [-0.1, -0.05) is 55.2 Å². The highest BCUT2D eigenvalue weighted by molar-refractivity contribution is 6.31. The number of halogens is 3. The van der Waals surface area contributed by atoms with Crippen LogP contribution in [0, 0.1) is 11.7 Å². The topological polar surface area (TPSA) is 38.3 Å². The molecule has 2 aromatic carbocycles. The third-order valence-electron chi connectivity index (χ3n) is 5.11. The number of rotatable bonds is 4. The Labute approximate surface area is 175 Å². The second kappa shape index (κ2) is 8.40. The van der Waals surface area contributed by atoms with Crippen molar-refractivity contribution in [2.45, 2.75) is 51.4 Å². The van der Waals surface area contributed by atoms with Crippen LogP contribution in [0.5, 0.6) is 0 Å². The van der Waals surface area contributed by atoms with Crippen molar-refractivity contribution in [1.29, 1.82) is 0 Å². The Morgan fingerprint density at radius 3 is 2.25 bits per heavy atom. The Morgan fingerprint density at radius 1 is 1.11 bits per heavy atom. The Hall–Kier alpha value is -1.62. The van der Waals surface area contributed by atoms with Gasteiger partial charge < -0.3 is 10.1 Å². The van der Waals surface area contributed by atoms with Gasteiger partial charge in [-0.3, -0.25) is 4.79 Å². The fourth-order valence-corrected chi connectivity index (χ4v) is 3.84. The SMILES string of the molecule is CC(C)C(=O)N[C@@]1(C)C[C@@H](c2ccc(Cl)cc2)O[C@@H](c2ccc(F)c(Cl)c2)C1. The van der Waals surface area contributed by atoms with Crippen LogP contribution in [0.1, 0.15) is 56.9 Å². The van der Waals surface area contributed by atoms with Gasteiger partial charge in [0.1, 0.15) is 5.82 Å². The average Bonchev–Trinajstić information content (AvgIpc) is 2.63. The van der Waals surface area contributed by atoms with Crippen LogP contribution >= 0.6 is 23.2 Å². The quantitative estimate of drug-likeness (QED) is 0.630. The van der Waals surface area contributed by atoms with E-state index in [1.807, 2.05) is 45.0 Å². The van der Waals surface area contributed by atoms with E-state index >= 15 is 0 Å². The highest BCUT2D eigenvalue weighted by atomic mass is 35.5. The van der Waals surface area contributed by atoms with Gasteiger partial charge >= 0.3 is 0 Å². The number of amides is 1. The molecular weight excluding hydrogens is 400 g/mol. The Morgan fingerprint density at radius 2 is 1.68 bits per heavy atom. The molecule has 1 N–H and O–H groups in total. The zero-order valence-electron chi connectivity index (χ0n) is 16.1. The lowest BCUT2D eigenvalue weighted by Crippen LogP contribution is -2.52. The van der Waals surface area contributed by atoms with E-state index in [4.69, 9.17) is 27.9 Å². The van der Waals surface area contributed by atoms with Crippen molar-refractivity contribution in [2.75, 3.05) is 0 Å². The number of hydrogen-bond acceptors (Lipinski definition) is 2. The summed E-state index contributed by atoms with van der Waals surface area (Å²) < 4.78 is 20.0. The highest BCUT2D eigenvalue weighted by Crippen LogP contribution is 2.44. The fraction of sp³-hybridized carbons (Fsp3) is 0.409. The number of carbonyl (C=O) groups excluding carboxylic acids is 1. The summed E-state index contributed by atoms with van der Waals surface area (Å²) in [5.74, 6) is -0.589. The van der Waals surface area contributed by atoms with E-state index in [0.29, 0.717) is 17.9 Å². The predicted octanol–water partition coefficient (Wildman–Crippen LogP) is 6.26. The van der Waals surface area contributed by atoms with Crippen molar-refractivity contribution in [3.8, 4) is 0 Å². The van der Waals surface area contributed by atoms with Gasteiger partial charge in [0, 0.05) is 29.3 Å². The molecule has 28 heavy (non-hydrogen) atoms. The van der Waals surface area contributed by atoms with Crippen LogP contribution in [-0.4, -0.2) is 11.4 Å². The van der Waals surface area contributed by atoms with Crippen LogP contribution in [0.4, 0.5) is 4.39 Å². The number of hydrogen-bond donors (Lipinski definition) is 1. The van der Waals surface area contributed by atoms with Gasteiger partial charge in [0.2, 0.25) is 5.91 Å². The van der Waals surface area contributed by atoms with E-state index < -0.39 is 11.4 Å². The van der Waals surface area contributed by atoms with Crippen LogP contribution in [0.2, 0.25) is 10.0 Å². The van der Waals surface area contributed by atoms with Crippen molar-refractivity contribution in [2.24, 2.45) is 5.92 Å². The number of nitrogens with one attached hydrogen (secondary N) is 1. The molecule has 3 nitrogen and oxygen atoms in total. The minimum Gasteiger partial charge on any atom is -0.365 e. The molecule has 1 saturated heterocycles. The van der Waals surface area contributed by atoms with E-state index in [0.717, 1.165) is 11.1 Å². The van der Waals surface area contributed by atoms with E-state index in [2.05, 4.69) is 5.32 Å². The molecule has 0 unspecified atom stereocenters. The Balaban J connectivity index is 1.94. The van der Waals surface area contributed by atoms with Crippen molar-refractivity contribution >= 4 is 29.1 Å². The molecule has 2 aromatic rings. The van der Waals surface area contributed by atoms with E-state index in [1.54, 1.807) is 12.1 Å². The maximum absolute atomic E-state index is 13.6. The molecule has 0 aliphatic carbocycles. The number of ether oxygens (including phenoxy) is 1. The zero-order valence-corrected chi connectivity index (χ0v) is 17.6. The zero-order chi connectivity index (χ0) is 20.5. The van der Waals surface area contributed by atoms with Gasteiger partial charge in [0.05, 0.1) is 17.2 Å². The van der Waals surface area contributed by atoms with Gasteiger partial charge in [0.15, 0.2) is 0 Å². The summed E-state index contributed by atoms with van der Waals surface area (Å²) in [4.78, 5) is 12.4. The van der Waals surface area contributed by atoms with Crippen LogP contribution in [0.15, 0.2) is 42.5 Å². The smallest absolute Gasteiger partial charge is 0.222 e. The van der Waals surface area contributed by atoms with E-state index in [9.17, 15) is 9.18 Å². The molecule has 150 valence electrons. The first-order valence-corrected chi connectivity index (χ1v) is 10.1. The second-order valence-electron chi connectivity index (χ2n) is 7.95. The summed E-state index contributed by atoms with van der Waals surface area (Å²) in [7, 11) is 0. The summed E-state index contributed by atoms with van der Waals surface area (Å²) in [6.45, 7) is 5.76. The van der Waals surface area contributed by atoms with Crippen molar-refractivity contribution < 1.29 is 13.9 Å². The molecule has 6 heteroatoms. The molecule has 0 saturated carbocycles. The summed E-state index contributed by atoms with van der Waals surface area (Å²) in [6.07, 6.45) is 0.623. The molecular formula is C22H24Cl2FNO2. The Bertz CT molecular complexity index is 856. The minimum absolute atomic E-state index is 0.00450.